The molecule has 0 bridgehead atoms. The Labute approximate surface area is 158 Å². The zero-order chi connectivity index (χ0) is 20.9. The number of anilines is 1. The summed E-state index contributed by atoms with van der Waals surface area (Å²) in [6.45, 7) is 2.49. The number of esters is 1. The summed E-state index contributed by atoms with van der Waals surface area (Å²) in [5, 5.41) is 3.65. The number of carbonyl (C=O) groups excluding carboxylic acids is 2. The summed E-state index contributed by atoms with van der Waals surface area (Å²) < 4.78 is 60.7. The van der Waals surface area contributed by atoms with Crippen LogP contribution in [-0.4, -0.2) is 30.3 Å². The molecule has 0 radical (unpaired) electrons. The van der Waals surface area contributed by atoms with Gasteiger partial charge in [-0.15, -0.1) is 0 Å². The molecule has 0 heterocycles. The molecule has 2 aromatic rings. The summed E-state index contributed by atoms with van der Waals surface area (Å²) in [6.07, 6.45) is -5.30. The van der Waals surface area contributed by atoms with Crippen molar-refractivity contribution in [2.24, 2.45) is 0 Å². The van der Waals surface area contributed by atoms with Crippen molar-refractivity contribution in [3.05, 3.63) is 65.5 Å². The van der Waals surface area contributed by atoms with E-state index in [0.29, 0.717) is 5.56 Å². The van der Waals surface area contributed by atoms with Crippen molar-refractivity contribution in [3.8, 4) is 0 Å². The average molecular weight is 398 g/mol. The van der Waals surface area contributed by atoms with E-state index in [9.17, 15) is 27.2 Å². The average Bonchev–Trinajstić information content (AvgIpc) is 2.62. The number of alkyl halides is 3. The van der Waals surface area contributed by atoms with Crippen molar-refractivity contribution in [1.82, 2.24) is 5.32 Å². The van der Waals surface area contributed by atoms with E-state index in [1.54, 1.807) is 11.4 Å². The van der Waals surface area contributed by atoms with Crippen molar-refractivity contribution < 1.29 is 31.9 Å². The number of nitrogens with one attached hydrogen (secondary N) is 2. The predicted molar refractivity (Wildman–Crippen MR) is 94.1 cm³/mol. The predicted octanol–water partition coefficient (Wildman–Crippen LogP) is 3.80. The van der Waals surface area contributed by atoms with Crippen LogP contribution in [-0.2, 0) is 9.53 Å². The molecule has 9 heteroatoms. The van der Waals surface area contributed by atoms with Crippen molar-refractivity contribution in [2.45, 2.75) is 25.7 Å². The van der Waals surface area contributed by atoms with Crippen molar-refractivity contribution >= 4 is 17.6 Å². The van der Waals surface area contributed by atoms with Gasteiger partial charge in [0.25, 0.3) is 5.91 Å². The molecule has 0 aliphatic carbocycles. The summed E-state index contributed by atoms with van der Waals surface area (Å²) in [7, 11) is 0. The molecule has 28 heavy (non-hydrogen) atoms. The highest BCUT2D eigenvalue weighted by Gasteiger charge is 2.63. The largest absolute Gasteiger partial charge is 0.463 e. The number of benzene rings is 2. The van der Waals surface area contributed by atoms with Gasteiger partial charge in [-0.3, -0.25) is 4.79 Å². The Balaban J connectivity index is 2.56. The van der Waals surface area contributed by atoms with Gasteiger partial charge in [0.05, 0.1) is 12.2 Å². The van der Waals surface area contributed by atoms with Gasteiger partial charge < -0.3 is 15.4 Å². The van der Waals surface area contributed by atoms with Crippen LogP contribution in [0.2, 0.25) is 0 Å². The van der Waals surface area contributed by atoms with Crippen LogP contribution in [0.5, 0.6) is 0 Å². The molecule has 0 saturated heterocycles. The number of hydrogen-bond donors (Lipinski definition) is 2. The first-order valence-electron chi connectivity index (χ1n) is 8.27. The van der Waals surface area contributed by atoms with E-state index in [0.717, 1.165) is 12.1 Å². The van der Waals surface area contributed by atoms with Crippen LogP contribution < -0.4 is 10.6 Å². The van der Waals surface area contributed by atoms with Gasteiger partial charge >= 0.3 is 17.8 Å². The van der Waals surface area contributed by atoms with E-state index in [1.807, 2.05) is 0 Å². The lowest BCUT2D eigenvalue weighted by Gasteiger charge is -2.35. The molecule has 0 aromatic heterocycles. The number of aryl methyl sites for hydroxylation is 1. The number of hydrogen-bond acceptors (Lipinski definition) is 4. The standard InChI is InChI=1S/C19H18F4N2O3/c1-3-28-17(27)18(19(21,22)23,24-15-11-7-4-8-12(15)2)25-16(26)13-9-5-6-10-14(13)20/h4-11,24H,3H2,1-2H3,(H,25,26). The fourth-order valence-corrected chi connectivity index (χ4v) is 2.43. The quantitative estimate of drug-likeness (QED) is 0.441. The fraction of sp³-hybridized carbons (Fsp3) is 0.263. The van der Waals surface area contributed by atoms with E-state index in [-0.39, 0.29) is 12.3 Å². The normalized spacial score (nSPS) is 13.4. The highest BCUT2D eigenvalue weighted by atomic mass is 19.4. The summed E-state index contributed by atoms with van der Waals surface area (Å²) >= 11 is 0. The third kappa shape index (κ3) is 4.24. The SMILES string of the molecule is CCOC(=O)C(NC(=O)c1ccccc1F)(Nc1ccccc1C)C(F)(F)F. The Morgan fingerprint density at radius 3 is 2.21 bits per heavy atom. The molecule has 2 rings (SSSR count). The summed E-state index contributed by atoms with van der Waals surface area (Å²) in [5.74, 6) is -4.23. The van der Waals surface area contributed by atoms with Crippen molar-refractivity contribution in [3.63, 3.8) is 0 Å². The van der Waals surface area contributed by atoms with Gasteiger partial charge in [0.1, 0.15) is 5.82 Å². The Morgan fingerprint density at radius 1 is 1.04 bits per heavy atom. The van der Waals surface area contributed by atoms with Crippen LogP contribution in [0.15, 0.2) is 48.5 Å². The summed E-state index contributed by atoms with van der Waals surface area (Å²) in [6, 6.07) is 10.4. The number of ether oxygens (including phenoxy) is 1. The first kappa shape index (κ1) is 21.2. The first-order chi connectivity index (χ1) is 13.1. The first-order valence-corrected chi connectivity index (χ1v) is 8.27. The molecule has 0 aliphatic heterocycles. The van der Waals surface area contributed by atoms with E-state index in [2.05, 4.69) is 10.1 Å². The minimum Gasteiger partial charge on any atom is -0.463 e. The van der Waals surface area contributed by atoms with Crippen molar-refractivity contribution in [2.75, 3.05) is 11.9 Å². The monoisotopic (exact) mass is 398 g/mol. The fourth-order valence-electron chi connectivity index (χ4n) is 2.43. The number of para-hydroxylation sites is 1. The van der Waals surface area contributed by atoms with Crippen LogP contribution in [0.1, 0.15) is 22.8 Å². The number of amides is 1. The smallest absolute Gasteiger partial charge is 0.441 e. The molecule has 1 atom stereocenters. The molecular weight excluding hydrogens is 380 g/mol. The van der Waals surface area contributed by atoms with Gasteiger partial charge in [-0.2, -0.15) is 13.2 Å². The number of halogens is 4. The third-order valence-corrected chi connectivity index (χ3v) is 3.89. The van der Waals surface area contributed by atoms with Crippen LogP contribution in [0.3, 0.4) is 0 Å². The second kappa shape index (κ2) is 8.28. The van der Waals surface area contributed by atoms with Crippen LogP contribution in [0.4, 0.5) is 23.2 Å². The summed E-state index contributed by atoms with van der Waals surface area (Å²) in [4.78, 5) is 24.8. The molecule has 2 N–H and O–H groups in total. The third-order valence-electron chi connectivity index (χ3n) is 3.89. The van der Waals surface area contributed by atoms with Gasteiger partial charge in [0, 0.05) is 5.69 Å². The van der Waals surface area contributed by atoms with E-state index in [4.69, 9.17) is 0 Å². The lowest BCUT2D eigenvalue weighted by Crippen LogP contribution is -2.69. The topological polar surface area (TPSA) is 67.4 Å². The van der Waals surface area contributed by atoms with E-state index >= 15 is 0 Å². The molecule has 0 aliphatic rings. The van der Waals surface area contributed by atoms with Gasteiger partial charge in [0.15, 0.2) is 0 Å². The Kier molecular flexibility index (Phi) is 6.27. The lowest BCUT2D eigenvalue weighted by molar-refractivity contribution is -0.204. The Hall–Kier alpha value is -3.10. The minimum atomic E-state index is -5.30. The lowest BCUT2D eigenvalue weighted by atomic mass is 10.1. The molecule has 0 fully saturated rings. The van der Waals surface area contributed by atoms with Gasteiger partial charge in [0.2, 0.25) is 0 Å². The highest BCUT2D eigenvalue weighted by Crippen LogP contribution is 2.34. The van der Waals surface area contributed by atoms with Crippen LogP contribution >= 0.6 is 0 Å². The number of rotatable bonds is 6. The second-order valence-electron chi connectivity index (χ2n) is 5.84. The van der Waals surface area contributed by atoms with Gasteiger partial charge in [-0.1, -0.05) is 30.3 Å². The maximum absolute atomic E-state index is 14.1. The van der Waals surface area contributed by atoms with Crippen LogP contribution in [0.25, 0.3) is 0 Å². The van der Waals surface area contributed by atoms with Gasteiger partial charge in [-0.05, 0) is 37.6 Å². The van der Waals surface area contributed by atoms with E-state index in [1.165, 1.54) is 44.2 Å². The molecular formula is C19H18F4N2O3. The van der Waals surface area contributed by atoms with Gasteiger partial charge in [-0.25, -0.2) is 9.18 Å². The molecule has 1 amide bonds. The highest BCUT2D eigenvalue weighted by molar-refractivity contribution is 5.99. The number of carbonyl (C=O) groups is 2. The maximum Gasteiger partial charge on any atom is 0.441 e. The molecule has 5 nitrogen and oxygen atoms in total. The van der Waals surface area contributed by atoms with Crippen molar-refractivity contribution in [1.29, 1.82) is 0 Å². The second-order valence-corrected chi connectivity index (χ2v) is 5.84. The zero-order valence-electron chi connectivity index (χ0n) is 15.1. The molecule has 2 aromatic carbocycles. The summed E-state index contributed by atoms with van der Waals surface area (Å²) in [5.41, 5.74) is -3.93. The molecule has 1 unspecified atom stereocenters. The minimum absolute atomic E-state index is 0.0540. The van der Waals surface area contributed by atoms with E-state index < -0.39 is 35.1 Å². The molecule has 0 spiro atoms. The Morgan fingerprint density at radius 2 is 1.64 bits per heavy atom. The Bertz CT molecular complexity index is 870. The zero-order valence-corrected chi connectivity index (χ0v) is 15.1. The molecule has 150 valence electrons. The van der Waals surface area contributed by atoms with Crippen LogP contribution in [0, 0.1) is 12.7 Å². The molecule has 0 saturated carbocycles. The maximum atomic E-state index is 14.1.